The second-order valence-electron chi connectivity index (χ2n) is 3.32. The van der Waals surface area contributed by atoms with Crippen LogP contribution in [-0.4, -0.2) is 36.6 Å². The molecule has 0 spiro atoms. The lowest BCUT2D eigenvalue weighted by atomic mass is 9.81. The quantitative estimate of drug-likeness (QED) is 0.394. The molecule has 0 saturated carbocycles. The average molecular weight is 241 g/mol. The summed E-state index contributed by atoms with van der Waals surface area (Å²) in [6.07, 6.45) is 5.03. The van der Waals surface area contributed by atoms with Crippen molar-refractivity contribution in [1.29, 1.82) is 0 Å². The van der Waals surface area contributed by atoms with Crippen molar-refractivity contribution in [2.75, 3.05) is 14.2 Å². The third-order valence-corrected chi connectivity index (χ3v) is 2.51. The van der Waals surface area contributed by atoms with Crippen molar-refractivity contribution in [3.8, 4) is 0 Å². The van der Waals surface area contributed by atoms with Crippen LogP contribution in [-0.2, 0) is 19.1 Å². The molecule has 2 atom stereocenters. The maximum absolute atomic E-state index is 11.6. The molecule has 1 aliphatic carbocycles. The van der Waals surface area contributed by atoms with Gasteiger partial charge in [0.25, 0.3) is 0 Å². The topological polar surface area (TPSA) is 95.7 Å². The molecule has 0 aromatic carbocycles. The Morgan fingerprint density at radius 3 is 2.41 bits per heavy atom. The van der Waals surface area contributed by atoms with Gasteiger partial charge in [0.05, 0.1) is 14.2 Å². The van der Waals surface area contributed by atoms with Crippen LogP contribution in [0.25, 0.3) is 0 Å². The van der Waals surface area contributed by atoms with Gasteiger partial charge in [0.2, 0.25) is 0 Å². The number of nitro groups is 1. The third kappa shape index (κ3) is 1.91. The largest absolute Gasteiger partial charge is 0.468 e. The van der Waals surface area contributed by atoms with Crippen LogP contribution in [0.4, 0.5) is 0 Å². The van der Waals surface area contributed by atoms with Crippen LogP contribution < -0.4 is 0 Å². The van der Waals surface area contributed by atoms with Crippen molar-refractivity contribution in [1.82, 2.24) is 0 Å². The van der Waals surface area contributed by atoms with Crippen molar-refractivity contribution in [2.24, 2.45) is 5.92 Å². The molecule has 0 radical (unpaired) electrons. The van der Waals surface area contributed by atoms with Gasteiger partial charge >= 0.3 is 17.5 Å². The first-order chi connectivity index (χ1) is 8.00. The maximum atomic E-state index is 11.6. The summed E-state index contributed by atoms with van der Waals surface area (Å²) in [5.41, 5.74) is -2.25. The molecular formula is C10H11NO6. The van der Waals surface area contributed by atoms with Crippen LogP contribution >= 0.6 is 0 Å². The molecule has 0 aliphatic heterocycles. The SMILES string of the molecule is COC(=O)C1C=CC=CC1(C(=O)OC)[N+](=O)[O-]. The summed E-state index contributed by atoms with van der Waals surface area (Å²) >= 11 is 0. The molecule has 7 nitrogen and oxygen atoms in total. The number of nitrogens with zero attached hydrogens (tertiary/aromatic N) is 1. The predicted molar refractivity (Wildman–Crippen MR) is 55.5 cm³/mol. The minimum Gasteiger partial charge on any atom is -0.468 e. The zero-order valence-corrected chi connectivity index (χ0v) is 9.28. The Labute approximate surface area is 96.8 Å². The fourth-order valence-electron chi connectivity index (χ4n) is 1.62. The van der Waals surface area contributed by atoms with E-state index in [1.807, 2.05) is 0 Å². The van der Waals surface area contributed by atoms with E-state index in [1.54, 1.807) is 0 Å². The highest BCUT2D eigenvalue weighted by Gasteiger charge is 2.60. The molecule has 0 bridgehead atoms. The van der Waals surface area contributed by atoms with Crippen LogP contribution in [0.1, 0.15) is 0 Å². The number of esters is 2. The molecule has 92 valence electrons. The van der Waals surface area contributed by atoms with E-state index in [2.05, 4.69) is 9.47 Å². The van der Waals surface area contributed by atoms with Crippen LogP contribution in [0.2, 0.25) is 0 Å². The standard InChI is InChI=1S/C10H11NO6/c1-16-8(12)7-5-3-4-6-10(7,11(14)15)9(13)17-2/h3-7H,1-2H3. The summed E-state index contributed by atoms with van der Waals surface area (Å²) < 4.78 is 8.86. The molecule has 0 saturated heterocycles. The third-order valence-electron chi connectivity index (χ3n) is 2.51. The molecular weight excluding hydrogens is 230 g/mol. The lowest BCUT2D eigenvalue weighted by Crippen LogP contribution is -2.54. The summed E-state index contributed by atoms with van der Waals surface area (Å²) in [5, 5.41) is 11.1. The maximum Gasteiger partial charge on any atom is 0.390 e. The minimum absolute atomic E-state index is 0.847. The number of carbonyl (C=O) groups is 2. The van der Waals surface area contributed by atoms with Crippen LogP contribution in [0.15, 0.2) is 24.3 Å². The number of hydrogen-bond acceptors (Lipinski definition) is 6. The summed E-state index contributed by atoms with van der Waals surface area (Å²) in [5.74, 6) is -3.31. The molecule has 0 amide bonds. The highest BCUT2D eigenvalue weighted by molar-refractivity contribution is 5.91. The predicted octanol–water partition coefficient (Wildman–Crippen LogP) is 0.0901. The Morgan fingerprint density at radius 1 is 1.29 bits per heavy atom. The van der Waals surface area contributed by atoms with Gasteiger partial charge in [0.15, 0.2) is 5.92 Å². The number of carbonyl (C=O) groups excluding carboxylic acids is 2. The van der Waals surface area contributed by atoms with Gasteiger partial charge < -0.3 is 9.47 Å². The van der Waals surface area contributed by atoms with E-state index in [0.29, 0.717) is 0 Å². The Kier molecular flexibility index (Phi) is 3.62. The summed E-state index contributed by atoms with van der Waals surface area (Å²) in [7, 11) is 2.12. The van der Waals surface area contributed by atoms with Gasteiger partial charge in [-0.2, -0.15) is 0 Å². The molecule has 1 rings (SSSR count). The first-order valence-corrected chi connectivity index (χ1v) is 4.67. The van der Waals surface area contributed by atoms with E-state index in [9.17, 15) is 19.7 Å². The zero-order chi connectivity index (χ0) is 13.1. The van der Waals surface area contributed by atoms with Gasteiger partial charge in [0.1, 0.15) is 0 Å². The highest BCUT2D eigenvalue weighted by Crippen LogP contribution is 2.30. The second kappa shape index (κ2) is 4.77. The van der Waals surface area contributed by atoms with Crippen LogP contribution in [0.3, 0.4) is 0 Å². The van der Waals surface area contributed by atoms with Crippen molar-refractivity contribution in [3.05, 3.63) is 34.4 Å². The van der Waals surface area contributed by atoms with Crippen molar-refractivity contribution in [2.45, 2.75) is 5.54 Å². The van der Waals surface area contributed by atoms with Gasteiger partial charge in [-0.25, -0.2) is 4.79 Å². The van der Waals surface area contributed by atoms with Gasteiger partial charge in [-0.15, -0.1) is 0 Å². The number of hydrogen-bond donors (Lipinski definition) is 0. The molecule has 0 aromatic heterocycles. The fourth-order valence-corrected chi connectivity index (χ4v) is 1.62. The fraction of sp³-hybridized carbons (Fsp3) is 0.400. The Bertz CT molecular complexity index is 413. The van der Waals surface area contributed by atoms with Gasteiger partial charge in [-0.1, -0.05) is 18.2 Å². The second-order valence-corrected chi connectivity index (χ2v) is 3.32. The Hall–Kier alpha value is -2.18. The first kappa shape index (κ1) is 12.9. The number of allylic oxidation sites excluding steroid dienone is 2. The molecule has 2 unspecified atom stereocenters. The van der Waals surface area contributed by atoms with E-state index < -0.39 is 28.3 Å². The molecule has 0 heterocycles. The first-order valence-electron chi connectivity index (χ1n) is 4.67. The molecule has 1 aliphatic rings. The molecule has 0 aromatic rings. The van der Waals surface area contributed by atoms with Crippen molar-refractivity contribution < 1.29 is 24.0 Å². The Morgan fingerprint density at radius 2 is 1.94 bits per heavy atom. The van der Waals surface area contributed by atoms with E-state index in [-0.39, 0.29) is 0 Å². The lowest BCUT2D eigenvalue weighted by molar-refractivity contribution is -0.546. The summed E-state index contributed by atoms with van der Waals surface area (Å²) in [6, 6.07) is 0. The minimum atomic E-state index is -2.25. The lowest BCUT2D eigenvalue weighted by Gasteiger charge is -2.25. The van der Waals surface area contributed by atoms with Crippen molar-refractivity contribution in [3.63, 3.8) is 0 Å². The van der Waals surface area contributed by atoms with E-state index >= 15 is 0 Å². The zero-order valence-electron chi connectivity index (χ0n) is 9.28. The normalized spacial score (nSPS) is 26.4. The molecule has 17 heavy (non-hydrogen) atoms. The monoisotopic (exact) mass is 241 g/mol. The smallest absolute Gasteiger partial charge is 0.390 e. The average Bonchev–Trinajstić information content (AvgIpc) is 2.36. The number of ether oxygens (including phenoxy) is 2. The molecule has 7 heteroatoms. The van der Waals surface area contributed by atoms with E-state index in [4.69, 9.17) is 0 Å². The van der Waals surface area contributed by atoms with Gasteiger partial charge in [-0.3, -0.25) is 14.9 Å². The van der Waals surface area contributed by atoms with E-state index in [0.717, 1.165) is 20.3 Å². The van der Waals surface area contributed by atoms with Crippen LogP contribution in [0.5, 0.6) is 0 Å². The number of methoxy groups -OCH3 is 2. The molecule has 0 fully saturated rings. The van der Waals surface area contributed by atoms with Crippen LogP contribution in [0, 0.1) is 16.0 Å². The summed E-state index contributed by atoms with van der Waals surface area (Å²) in [6.45, 7) is 0. The highest BCUT2D eigenvalue weighted by atomic mass is 16.6. The van der Waals surface area contributed by atoms with Gasteiger partial charge in [-0.05, 0) is 0 Å². The summed E-state index contributed by atoms with van der Waals surface area (Å²) in [4.78, 5) is 33.4. The number of rotatable bonds is 3. The Balaban J connectivity index is 3.31. The molecule has 0 N–H and O–H groups in total. The van der Waals surface area contributed by atoms with Crippen molar-refractivity contribution >= 4 is 11.9 Å². The van der Waals surface area contributed by atoms with E-state index in [1.165, 1.54) is 18.2 Å². The van der Waals surface area contributed by atoms with Gasteiger partial charge in [0, 0.05) is 11.0 Å².